The number of hydrogen-bond acceptors (Lipinski definition) is 3. The molecule has 0 aliphatic carbocycles. The van der Waals surface area contributed by atoms with Gasteiger partial charge >= 0.3 is 0 Å². The highest BCUT2D eigenvalue weighted by molar-refractivity contribution is 5.90. The van der Waals surface area contributed by atoms with Crippen LogP contribution >= 0.6 is 0 Å². The minimum atomic E-state index is -0.293. The summed E-state index contributed by atoms with van der Waals surface area (Å²) in [6, 6.07) is 9.57. The van der Waals surface area contributed by atoms with E-state index in [1.54, 1.807) is 9.80 Å². The van der Waals surface area contributed by atoms with Gasteiger partial charge in [-0.3, -0.25) is 9.59 Å². The second-order valence-electron chi connectivity index (χ2n) is 6.52. The predicted molar refractivity (Wildman–Crippen MR) is 88.7 cm³/mol. The van der Waals surface area contributed by atoms with Crippen molar-refractivity contribution in [2.45, 2.75) is 44.3 Å². The van der Waals surface area contributed by atoms with Crippen molar-refractivity contribution in [3.63, 3.8) is 0 Å². The number of nitrogens with one attached hydrogen (secondary N) is 1. The molecule has 5 nitrogen and oxygen atoms in total. The minimum Gasteiger partial charge on any atom is -0.340 e. The topological polar surface area (TPSA) is 52.7 Å². The van der Waals surface area contributed by atoms with Gasteiger partial charge in [-0.15, -0.1) is 0 Å². The highest BCUT2D eigenvalue weighted by atomic mass is 16.2. The number of likely N-dealkylation sites (tertiary alicyclic amines) is 1. The number of likely N-dealkylation sites (N-methyl/N-ethyl adjacent to an activating group) is 1. The molecule has 1 N–H and O–H groups in total. The van der Waals surface area contributed by atoms with Crippen molar-refractivity contribution < 1.29 is 9.59 Å². The first-order valence-corrected chi connectivity index (χ1v) is 8.49. The SMILES string of the molecule is CN(Cc1ccccc1)C(=O)[C@@H]1CCCN1C(=O)[C@@H]1CCCN1. The van der Waals surface area contributed by atoms with Gasteiger partial charge in [0.2, 0.25) is 11.8 Å². The van der Waals surface area contributed by atoms with Crippen LogP contribution in [0.2, 0.25) is 0 Å². The summed E-state index contributed by atoms with van der Waals surface area (Å²) in [5.74, 6) is 0.157. The smallest absolute Gasteiger partial charge is 0.245 e. The summed E-state index contributed by atoms with van der Waals surface area (Å²) >= 11 is 0. The third kappa shape index (κ3) is 3.55. The van der Waals surface area contributed by atoms with Crippen LogP contribution in [0.1, 0.15) is 31.2 Å². The molecule has 3 rings (SSSR count). The normalized spacial score (nSPS) is 24.0. The molecule has 124 valence electrons. The molecule has 0 spiro atoms. The van der Waals surface area contributed by atoms with Crippen LogP contribution in [-0.2, 0) is 16.1 Å². The Labute approximate surface area is 137 Å². The molecule has 5 heteroatoms. The van der Waals surface area contributed by atoms with E-state index < -0.39 is 0 Å². The standard InChI is InChI=1S/C18H25N3O2/c1-20(13-14-7-3-2-4-8-14)18(23)16-10-6-12-21(16)17(22)15-9-5-11-19-15/h2-4,7-8,15-16,19H,5-6,9-13H2,1H3/t15-,16-/m0/s1. The number of benzene rings is 1. The Morgan fingerprint density at radius 2 is 2.00 bits per heavy atom. The van der Waals surface area contributed by atoms with Gasteiger partial charge in [-0.1, -0.05) is 30.3 Å². The average Bonchev–Trinajstić information content (AvgIpc) is 3.26. The monoisotopic (exact) mass is 315 g/mol. The lowest BCUT2D eigenvalue weighted by molar-refractivity contribution is -0.144. The van der Waals surface area contributed by atoms with Gasteiger partial charge in [0, 0.05) is 20.1 Å². The fraction of sp³-hybridized carbons (Fsp3) is 0.556. The zero-order valence-electron chi connectivity index (χ0n) is 13.7. The minimum absolute atomic E-state index is 0.0534. The van der Waals surface area contributed by atoms with Crippen LogP contribution in [0.3, 0.4) is 0 Å². The largest absolute Gasteiger partial charge is 0.340 e. The van der Waals surface area contributed by atoms with E-state index in [9.17, 15) is 9.59 Å². The van der Waals surface area contributed by atoms with E-state index in [0.717, 1.165) is 37.8 Å². The first kappa shape index (κ1) is 16.0. The lowest BCUT2D eigenvalue weighted by Crippen LogP contribution is -2.51. The van der Waals surface area contributed by atoms with Crippen LogP contribution < -0.4 is 5.32 Å². The van der Waals surface area contributed by atoms with Crippen molar-refractivity contribution in [1.29, 1.82) is 0 Å². The van der Waals surface area contributed by atoms with E-state index in [1.807, 2.05) is 37.4 Å². The van der Waals surface area contributed by atoms with Crippen molar-refractivity contribution in [3.8, 4) is 0 Å². The quantitative estimate of drug-likeness (QED) is 0.913. The van der Waals surface area contributed by atoms with Gasteiger partial charge in [-0.25, -0.2) is 0 Å². The molecule has 0 aromatic heterocycles. The summed E-state index contributed by atoms with van der Waals surface area (Å²) in [4.78, 5) is 29.0. The Kier molecular flexibility index (Phi) is 4.96. The van der Waals surface area contributed by atoms with Gasteiger partial charge in [0.25, 0.3) is 0 Å². The van der Waals surface area contributed by atoms with Crippen molar-refractivity contribution in [1.82, 2.24) is 15.1 Å². The molecule has 2 amide bonds. The van der Waals surface area contributed by atoms with Gasteiger partial charge in [-0.2, -0.15) is 0 Å². The molecule has 2 aliphatic rings. The first-order chi connectivity index (χ1) is 11.2. The van der Waals surface area contributed by atoms with Crippen molar-refractivity contribution in [2.75, 3.05) is 20.1 Å². The molecule has 1 aromatic rings. The van der Waals surface area contributed by atoms with Crippen molar-refractivity contribution in [3.05, 3.63) is 35.9 Å². The maximum atomic E-state index is 12.8. The van der Waals surface area contributed by atoms with Gasteiger partial charge in [-0.05, 0) is 37.8 Å². The lowest BCUT2D eigenvalue weighted by atomic mass is 10.1. The fourth-order valence-corrected chi connectivity index (χ4v) is 3.57. The average molecular weight is 315 g/mol. The fourth-order valence-electron chi connectivity index (χ4n) is 3.57. The zero-order chi connectivity index (χ0) is 16.2. The second-order valence-corrected chi connectivity index (χ2v) is 6.52. The van der Waals surface area contributed by atoms with E-state index in [4.69, 9.17) is 0 Å². The molecule has 2 heterocycles. The van der Waals surface area contributed by atoms with E-state index in [2.05, 4.69) is 5.32 Å². The molecule has 2 atom stereocenters. The Morgan fingerprint density at radius 3 is 2.70 bits per heavy atom. The Morgan fingerprint density at radius 1 is 1.22 bits per heavy atom. The molecule has 0 unspecified atom stereocenters. The van der Waals surface area contributed by atoms with Crippen LogP contribution in [0.4, 0.5) is 0 Å². The van der Waals surface area contributed by atoms with E-state index >= 15 is 0 Å². The van der Waals surface area contributed by atoms with E-state index in [-0.39, 0.29) is 23.9 Å². The van der Waals surface area contributed by atoms with Crippen LogP contribution in [-0.4, -0.2) is 53.8 Å². The molecule has 2 saturated heterocycles. The predicted octanol–water partition coefficient (Wildman–Crippen LogP) is 1.39. The van der Waals surface area contributed by atoms with Gasteiger partial charge in [0.1, 0.15) is 6.04 Å². The number of carbonyl (C=O) groups excluding carboxylic acids is 2. The van der Waals surface area contributed by atoms with Crippen LogP contribution in [0, 0.1) is 0 Å². The van der Waals surface area contributed by atoms with E-state index in [0.29, 0.717) is 13.1 Å². The lowest BCUT2D eigenvalue weighted by Gasteiger charge is -2.30. The van der Waals surface area contributed by atoms with Gasteiger partial charge < -0.3 is 15.1 Å². The van der Waals surface area contributed by atoms with Gasteiger partial charge in [0.15, 0.2) is 0 Å². The molecule has 23 heavy (non-hydrogen) atoms. The Balaban J connectivity index is 1.64. The number of rotatable bonds is 4. The molecule has 0 radical (unpaired) electrons. The van der Waals surface area contributed by atoms with Gasteiger partial charge in [0.05, 0.1) is 6.04 Å². The second kappa shape index (κ2) is 7.13. The maximum Gasteiger partial charge on any atom is 0.245 e. The highest BCUT2D eigenvalue weighted by Crippen LogP contribution is 2.22. The number of amides is 2. The molecule has 2 aliphatic heterocycles. The first-order valence-electron chi connectivity index (χ1n) is 8.49. The molecular weight excluding hydrogens is 290 g/mol. The molecule has 0 saturated carbocycles. The molecule has 1 aromatic carbocycles. The van der Waals surface area contributed by atoms with Crippen molar-refractivity contribution in [2.24, 2.45) is 0 Å². The molecule has 2 fully saturated rings. The highest BCUT2D eigenvalue weighted by Gasteiger charge is 2.38. The molecular formula is C18H25N3O2. The summed E-state index contributed by atoms with van der Waals surface area (Å²) in [5, 5.41) is 3.25. The Bertz CT molecular complexity index is 555. The zero-order valence-corrected chi connectivity index (χ0v) is 13.7. The number of carbonyl (C=O) groups is 2. The van der Waals surface area contributed by atoms with Crippen molar-refractivity contribution >= 4 is 11.8 Å². The van der Waals surface area contributed by atoms with Crippen LogP contribution in [0.15, 0.2) is 30.3 Å². The number of nitrogens with zero attached hydrogens (tertiary/aromatic N) is 2. The third-order valence-electron chi connectivity index (χ3n) is 4.82. The maximum absolute atomic E-state index is 12.8. The van der Waals surface area contributed by atoms with Crippen LogP contribution in [0.25, 0.3) is 0 Å². The van der Waals surface area contributed by atoms with E-state index in [1.165, 1.54) is 0 Å². The molecule has 0 bridgehead atoms. The summed E-state index contributed by atoms with van der Waals surface area (Å²) in [6.45, 7) is 2.18. The number of hydrogen-bond donors (Lipinski definition) is 1. The summed E-state index contributed by atoms with van der Waals surface area (Å²) in [6.07, 6.45) is 3.61. The third-order valence-corrected chi connectivity index (χ3v) is 4.82. The summed E-state index contributed by atoms with van der Waals surface area (Å²) in [5.41, 5.74) is 1.11. The summed E-state index contributed by atoms with van der Waals surface area (Å²) in [7, 11) is 1.82. The van der Waals surface area contributed by atoms with Crippen LogP contribution in [0.5, 0.6) is 0 Å². The summed E-state index contributed by atoms with van der Waals surface area (Å²) < 4.78 is 0. The Hall–Kier alpha value is -1.88.